The summed E-state index contributed by atoms with van der Waals surface area (Å²) in [5.74, 6) is 1.43. The van der Waals surface area contributed by atoms with Gasteiger partial charge in [-0.25, -0.2) is 9.98 Å². The maximum atomic E-state index is 6.72. The van der Waals surface area contributed by atoms with Crippen LogP contribution in [0.25, 0.3) is 76.5 Å². The molecule has 3 heterocycles. The molecule has 5 nitrogen and oxygen atoms in total. The molecule has 0 spiro atoms. The van der Waals surface area contributed by atoms with Crippen molar-refractivity contribution in [2.75, 3.05) is 0 Å². The van der Waals surface area contributed by atoms with Gasteiger partial charge in [-0.3, -0.25) is 0 Å². The number of hydrogen-bond acceptors (Lipinski definition) is 5. The SMILES string of the molecule is c1ccc(C2=NC(c3cccc4oc5c(-c6ccc7c(c6)oc6ccccc67)cccc5c34)=NC(c3cc4ccccc4c4ccccc34)N2)cc1. The molecule has 244 valence electrons. The number of nitrogens with zero attached hydrogens (tertiary/aromatic N) is 2. The topological polar surface area (TPSA) is 63.0 Å². The third-order valence-corrected chi connectivity index (χ3v) is 10.3. The number of benzene rings is 8. The van der Waals surface area contributed by atoms with Gasteiger partial charge in [0.15, 0.2) is 5.84 Å². The smallest absolute Gasteiger partial charge is 0.160 e. The zero-order valence-electron chi connectivity index (χ0n) is 27.9. The van der Waals surface area contributed by atoms with Crippen LogP contribution in [0.15, 0.2) is 183 Å². The van der Waals surface area contributed by atoms with E-state index in [0.717, 1.165) is 82.9 Å². The summed E-state index contributed by atoms with van der Waals surface area (Å²) in [6, 6.07) is 56.8. The van der Waals surface area contributed by atoms with E-state index in [2.05, 4.69) is 121 Å². The Morgan fingerprint density at radius 2 is 1.15 bits per heavy atom. The molecule has 2 aromatic heterocycles. The minimum Gasteiger partial charge on any atom is -0.456 e. The van der Waals surface area contributed by atoms with Crippen molar-refractivity contribution in [2.45, 2.75) is 6.17 Å². The first kappa shape index (κ1) is 28.8. The molecule has 1 aliphatic rings. The summed E-state index contributed by atoms with van der Waals surface area (Å²) < 4.78 is 13.0. The predicted octanol–water partition coefficient (Wildman–Crippen LogP) is 12.0. The van der Waals surface area contributed by atoms with Crippen molar-refractivity contribution in [3.05, 3.63) is 180 Å². The average molecular weight is 668 g/mol. The van der Waals surface area contributed by atoms with E-state index < -0.39 is 0 Å². The fourth-order valence-corrected chi connectivity index (χ4v) is 7.94. The Bertz CT molecular complexity index is 3110. The van der Waals surface area contributed by atoms with Crippen molar-refractivity contribution < 1.29 is 8.83 Å². The lowest BCUT2D eigenvalue weighted by Gasteiger charge is -2.25. The number of aliphatic imine (C=N–C) groups is 2. The Balaban J connectivity index is 1.11. The molecule has 1 aliphatic heterocycles. The van der Waals surface area contributed by atoms with Gasteiger partial charge in [0.1, 0.15) is 34.3 Å². The lowest BCUT2D eigenvalue weighted by Crippen LogP contribution is -2.33. The van der Waals surface area contributed by atoms with Crippen molar-refractivity contribution in [2.24, 2.45) is 9.98 Å². The number of furan rings is 2. The first-order valence-corrected chi connectivity index (χ1v) is 17.5. The largest absolute Gasteiger partial charge is 0.456 e. The summed E-state index contributed by atoms with van der Waals surface area (Å²) in [7, 11) is 0. The highest BCUT2D eigenvalue weighted by Gasteiger charge is 2.26. The number of para-hydroxylation sites is 2. The van der Waals surface area contributed by atoms with Crippen molar-refractivity contribution in [3.63, 3.8) is 0 Å². The zero-order chi connectivity index (χ0) is 34.2. The molecule has 1 N–H and O–H groups in total. The number of nitrogens with one attached hydrogen (secondary N) is 1. The van der Waals surface area contributed by atoms with Crippen LogP contribution in [0.3, 0.4) is 0 Å². The third-order valence-electron chi connectivity index (χ3n) is 10.3. The van der Waals surface area contributed by atoms with E-state index in [1.807, 2.05) is 48.5 Å². The Morgan fingerprint density at radius 3 is 2.06 bits per heavy atom. The highest BCUT2D eigenvalue weighted by molar-refractivity contribution is 6.23. The van der Waals surface area contributed by atoms with E-state index in [9.17, 15) is 0 Å². The van der Waals surface area contributed by atoms with Gasteiger partial charge in [0.05, 0.1) is 0 Å². The standard InChI is InChI=1S/C47H29N3O2/c1-2-12-28(13-3-1)45-48-46(50-47(49-45)39-26-29-14-4-5-15-31(29)33-16-6-7-17-34(33)39)38-21-11-23-41-43(38)37-20-10-19-32(44(37)52-41)30-24-25-36-35-18-8-9-22-40(35)51-42(36)27-30/h1-27,47H,(H,48,49,50). The van der Waals surface area contributed by atoms with Gasteiger partial charge in [-0.15, -0.1) is 0 Å². The monoisotopic (exact) mass is 667 g/mol. The molecule has 11 rings (SSSR count). The molecule has 10 aromatic rings. The van der Waals surface area contributed by atoms with E-state index in [0.29, 0.717) is 5.84 Å². The summed E-state index contributed by atoms with van der Waals surface area (Å²) >= 11 is 0. The Morgan fingerprint density at radius 1 is 0.462 bits per heavy atom. The predicted molar refractivity (Wildman–Crippen MR) is 213 cm³/mol. The number of amidine groups is 2. The third kappa shape index (κ3) is 4.42. The molecule has 8 aromatic carbocycles. The maximum Gasteiger partial charge on any atom is 0.160 e. The minimum absolute atomic E-state index is 0.378. The fraction of sp³-hybridized carbons (Fsp3) is 0.0213. The fourth-order valence-electron chi connectivity index (χ4n) is 7.94. The molecular formula is C47H29N3O2. The molecule has 0 bridgehead atoms. The molecular weight excluding hydrogens is 639 g/mol. The normalized spacial score (nSPS) is 14.7. The maximum absolute atomic E-state index is 6.72. The van der Waals surface area contributed by atoms with Crippen LogP contribution in [-0.2, 0) is 0 Å². The summed E-state index contributed by atoms with van der Waals surface area (Å²) in [4.78, 5) is 10.6. The molecule has 52 heavy (non-hydrogen) atoms. The molecule has 0 radical (unpaired) electrons. The van der Waals surface area contributed by atoms with Crippen molar-refractivity contribution in [3.8, 4) is 11.1 Å². The second-order valence-electron chi connectivity index (χ2n) is 13.3. The zero-order valence-corrected chi connectivity index (χ0v) is 27.9. The molecule has 1 atom stereocenters. The summed E-state index contributed by atoms with van der Waals surface area (Å²) in [5.41, 5.74) is 8.40. The molecule has 0 saturated heterocycles. The Kier molecular flexibility index (Phi) is 6.25. The number of fused-ring (bicyclic) bond motifs is 9. The van der Waals surface area contributed by atoms with Gasteiger partial charge in [0, 0.05) is 43.8 Å². The van der Waals surface area contributed by atoms with Crippen LogP contribution in [-0.4, -0.2) is 11.7 Å². The summed E-state index contributed by atoms with van der Waals surface area (Å²) in [6.45, 7) is 0. The lowest BCUT2D eigenvalue weighted by molar-refractivity contribution is 0.668. The van der Waals surface area contributed by atoms with E-state index >= 15 is 0 Å². The van der Waals surface area contributed by atoms with Crippen LogP contribution < -0.4 is 5.32 Å². The van der Waals surface area contributed by atoms with E-state index in [1.54, 1.807) is 0 Å². The second-order valence-corrected chi connectivity index (χ2v) is 13.3. The minimum atomic E-state index is -0.378. The van der Waals surface area contributed by atoms with Gasteiger partial charge >= 0.3 is 0 Å². The quantitative estimate of drug-likeness (QED) is 0.190. The van der Waals surface area contributed by atoms with Crippen LogP contribution >= 0.6 is 0 Å². The number of hydrogen-bond donors (Lipinski definition) is 1. The summed E-state index contributed by atoms with van der Waals surface area (Å²) in [5, 5.41) is 12.7. The van der Waals surface area contributed by atoms with Crippen molar-refractivity contribution >= 4 is 77.1 Å². The molecule has 0 saturated carbocycles. The first-order valence-electron chi connectivity index (χ1n) is 17.5. The average Bonchev–Trinajstić information content (AvgIpc) is 3.79. The van der Waals surface area contributed by atoms with Crippen LogP contribution in [0.2, 0.25) is 0 Å². The van der Waals surface area contributed by atoms with Crippen LogP contribution in [0, 0.1) is 0 Å². The molecule has 5 heteroatoms. The van der Waals surface area contributed by atoms with Gasteiger partial charge in [-0.05, 0) is 57.4 Å². The highest BCUT2D eigenvalue weighted by atomic mass is 16.3. The van der Waals surface area contributed by atoms with Crippen molar-refractivity contribution in [1.82, 2.24) is 5.32 Å². The lowest BCUT2D eigenvalue weighted by atomic mass is 9.95. The van der Waals surface area contributed by atoms with Crippen molar-refractivity contribution in [1.29, 1.82) is 0 Å². The highest BCUT2D eigenvalue weighted by Crippen LogP contribution is 2.41. The number of rotatable bonds is 4. The molecule has 0 fully saturated rings. The van der Waals surface area contributed by atoms with Gasteiger partial charge < -0.3 is 14.2 Å². The summed E-state index contributed by atoms with van der Waals surface area (Å²) in [6.07, 6.45) is -0.378. The van der Waals surface area contributed by atoms with Gasteiger partial charge in [-0.2, -0.15) is 0 Å². The Labute approximate surface area is 298 Å². The van der Waals surface area contributed by atoms with Crippen LogP contribution in [0.5, 0.6) is 0 Å². The second kappa shape index (κ2) is 11.3. The van der Waals surface area contributed by atoms with Crippen LogP contribution in [0.1, 0.15) is 22.9 Å². The first-order chi connectivity index (χ1) is 25.8. The van der Waals surface area contributed by atoms with E-state index in [4.69, 9.17) is 18.8 Å². The van der Waals surface area contributed by atoms with Crippen LogP contribution in [0.4, 0.5) is 0 Å². The Hall–Kier alpha value is -6.98. The van der Waals surface area contributed by atoms with E-state index in [1.165, 1.54) is 16.2 Å². The molecule has 1 unspecified atom stereocenters. The molecule has 0 aliphatic carbocycles. The molecule has 0 amide bonds. The van der Waals surface area contributed by atoms with E-state index in [-0.39, 0.29) is 6.17 Å². The van der Waals surface area contributed by atoms with Gasteiger partial charge in [0.25, 0.3) is 0 Å². The van der Waals surface area contributed by atoms with Gasteiger partial charge in [0.2, 0.25) is 0 Å². The van der Waals surface area contributed by atoms with Gasteiger partial charge in [-0.1, -0.05) is 133 Å².